The minimum absolute atomic E-state index is 0.0567. The van der Waals surface area contributed by atoms with E-state index in [1.807, 2.05) is 36.4 Å². The van der Waals surface area contributed by atoms with E-state index in [4.69, 9.17) is 9.97 Å². The Morgan fingerprint density at radius 3 is 2.83 bits per heavy atom. The van der Waals surface area contributed by atoms with E-state index in [-0.39, 0.29) is 5.88 Å². The molecule has 1 unspecified atom stereocenters. The number of aromatic hydroxyl groups is 1. The fourth-order valence-electron chi connectivity index (χ4n) is 4.38. The van der Waals surface area contributed by atoms with Gasteiger partial charge in [0.15, 0.2) is 0 Å². The predicted molar refractivity (Wildman–Crippen MR) is 115 cm³/mol. The number of likely N-dealkylation sites (N-methyl/N-ethyl adjacent to an activating group) is 1. The van der Waals surface area contributed by atoms with E-state index in [2.05, 4.69) is 34.3 Å². The Hall–Kier alpha value is -3.19. The number of nitrogens with zero attached hydrogens (tertiary/aromatic N) is 4. The number of aromatic nitrogens is 4. The van der Waals surface area contributed by atoms with Gasteiger partial charge in [-0.2, -0.15) is 0 Å². The first-order valence-electron chi connectivity index (χ1n) is 9.97. The van der Waals surface area contributed by atoms with Gasteiger partial charge in [0.05, 0.1) is 28.5 Å². The molecule has 1 aliphatic carbocycles. The lowest BCUT2D eigenvalue weighted by Gasteiger charge is -2.26. The minimum atomic E-state index is 0.0567. The number of rotatable bonds is 4. The van der Waals surface area contributed by atoms with Gasteiger partial charge in [0.1, 0.15) is 5.52 Å². The monoisotopic (exact) mass is 388 g/mol. The lowest BCUT2D eigenvalue weighted by molar-refractivity contribution is 0.284. The van der Waals surface area contributed by atoms with Crippen molar-refractivity contribution in [2.24, 2.45) is 0 Å². The fraction of sp³-hybridized carbons (Fsp3) is 0.318. The number of fused-ring (bicyclic) bond motifs is 2. The second-order valence-electron chi connectivity index (χ2n) is 7.91. The van der Waals surface area contributed by atoms with Crippen LogP contribution in [0.25, 0.3) is 33.2 Å². The van der Waals surface area contributed by atoms with Crippen molar-refractivity contribution in [1.82, 2.24) is 24.8 Å². The van der Waals surface area contributed by atoms with Crippen LogP contribution in [0.4, 0.5) is 5.95 Å². The summed E-state index contributed by atoms with van der Waals surface area (Å²) in [4.78, 5) is 19.2. The maximum atomic E-state index is 10.6. The highest BCUT2D eigenvalue weighted by Gasteiger charge is 2.29. The molecule has 1 aromatic carbocycles. The van der Waals surface area contributed by atoms with E-state index < -0.39 is 0 Å². The Morgan fingerprint density at radius 2 is 1.97 bits per heavy atom. The molecule has 29 heavy (non-hydrogen) atoms. The summed E-state index contributed by atoms with van der Waals surface area (Å²) in [6, 6.07) is 12.6. The van der Waals surface area contributed by atoms with Crippen LogP contribution >= 0.6 is 0 Å². The van der Waals surface area contributed by atoms with Crippen LogP contribution in [-0.4, -0.2) is 56.1 Å². The number of aromatic amines is 1. The average molecular weight is 388 g/mol. The van der Waals surface area contributed by atoms with Crippen LogP contribution < -0.4 is 5.32 Å². The first-order valence-corrected chi connectivity index (χ1v) is 9.97. The van der Waals surface area contributed by atoms with Crippen molar-refractivity contribution in [3.63, 3.8) is 0 Å². The molecule has 7 nitrogen and oxygen atoms in total. The van der Waals surface area contributed by atoms with Gasteiger partial charge in [-0.1, -0.05) is 24.3 Å². The quantitative estimate of drug-likeness (QED) is 0.493. The molecule has 4 aromatic rings. The molecule has 1 aliphatic rings. The molecule has 0 bridgehead atoms. The molecule has 0 aliphatic heterocycles. The molecule has 3 heterocycles. The van der Waals surface area contributed by atoms with Crippen molar-refractivity contribution < 1.29 is 5.11 Å². The summed E-state index contributed by atoms with van der Waals surface area (Å²) in [5, 5.41) is 15.1. The van der Waals surface area contributed by atoms with Crippen molar-refractivity contribution in [3.05, 3.63) is 42.6 Å². The van der Waals surface area contributed by atoms with Gasteiger partial charge in [0.2, 0.25) is 11.8 Å². The maximum absolute atomic E-state index is 10.6. The molecular formula is C22H24N6O. The number of anilines is 1. The van der Waals surface area contributed by atoms with Crippen molar-refractivity contribution in [3.8, 4) is 17.1 Å². The van der Waals surface area contributed by atoms with E-state index in [0.29, 0.717) is 40.3 Å². The molecule has 0 amide bonds. The second-order valence-corrected chi connectivity index (χ2v) is 7.91. The molecule has 3 aromatic heterocycles. The summed E-state index contributed by atoms with van der Waals surface area (Å²) in [5.41, 5.74) is 3.53. The van der Waals surface area contributed by atoms with Crippen LogP contribution in [0.5, 0.6) is 5.88 Å². The smallest absolute Gasteiger partial charge is 0.223 e. The lowest BCUT2D eigenvalue weighted by Crippen LogP contribution is -2.39. The highest BCUT2D eigenvalue weighted by atomic mass is 16.3. The molecule has 5 rings (SSSR count). The number of hydrogen-bond acceptors (Lipinski definition) is 6. The Kier molecular flexibility index (Phi) is 4.32. The van der Waals surface area contributed by atoms with Crippen LogP contribution in [0.15, 0.2) is 42.6 Å². The number of hydrogen-bond donors (Lipinski definition) is 3. The van der Waals surface area contributed by atoms with Gasteiger partial charge in [0.25, 0.3) is 0 Å². The molecule has 148 valence electrons. The molecule has 0 saturated heterocycles. The molecule has 0 radical (unpaired) electrons. The molecule has 1 fully saturated rings. The average Bonchev–Trinajstić information content (AvgIpc) is 3.31. The highest BCUT2D eigenvalue weighted by Crippen LogP contribution is 2.35. The van der Waals surface area contributed by atoms with Gasteiger partial charge in [-0.25, -0.2) is 15.0 Å². The minimum Gasteiger partial charge on any atom is -0.494 e. The van der Waals surface area contributed by atoms with Crippen LogP contribution in [0, 0.1) is 0 Å². The number of benzene rings is 1. The number of pyridine rings is 1. The van der Waals surface area contributed by atoms with Gasteiger partial charge in [-0.05, 0) is 45.5 Å². The third kappa shape index (κ3) is 3.17. The molecule has 0 spiro atoms. The van der Waals surface area contributed by atoms with Crippen LogP contribution in [0.3, 0.4) is 0 Å². The molecular weight excluding hydrogens is 364 g/mol. The normalized spacial score (nSPS) is 19.4. The Labute approximate surface area is 168 Å². The van der Waals surface area contributed by atoms with Crippen molar-refractivity contribution in [1.29, 1.82) is 0 Å². The Balaban J connectivity index is 1.55. The molecule has 7 heteroatoms. The van der Waals surface area contributed by atoms with Crippen LogP contribution in [-0.2, 0) is 0 Å². The fourth-order valence-corrected chi connectivity index (χ4v) is 4.38. The van der Waals surface area contributed by atoms with Gasteiger partial charge >= 0.3 is 0 Å². The van der Waals surface area contributed by atoms with Gasteiger partial charge < -0.3 is 20.3 Å². The van der Waals surface area contributed by atoms with Gasteiger partial charge in [-0.3, -0.25) is 0 Å². The van der Waals surface area contributed by atoms with Crippen molar-refractivity contribution in [2.45, 2.75) is 31.3 Å². The third-order valence-electron chi connectivity index (χ3n) is 5.83. The Morgan fingerprint density at radius 1 is 1.10 bits per heavy atom. The van der Waals surface area contributed by atoms with E-state index >= 15 is 0 Å². The lowest BCUT2D eigenvalue weighted by atomic mass is 10.1. The Bertz CT molecular complexity index is 1180. The number of nitrogens with one attached hydrogen (secondary N) is 2. The summed E-state index contributed by atoms with van der Waals surface area (Å²) in [6.07, 6.45) is 5.18. The topological polar surface area (TPSA) is 90.0 Å². The standard InChI is InChI=1S/C22H24N6O/c1-28(2)18-9-5-8-15(18)26-22-23-12-17-20(27-22)19(21(29)25-17)16-11-10-13-6-3-4-7-14(13)24-16/h3-4,6-7,10-12,15,18,25,29H,5,8-9H2,1-2H3,(H,23,26,27)/t15?,18-/m0/s1. The molecule has 3 N–H and O–H groups in total. The number of para-hydroxylation sites is 1. The van der Waals surface area contributed by atoms with E-state index in [9.17, 15) is 5.11 Å². The summed E-state index contributed by atoms with van der Waals surface area (Å²) in [5.74, 6) is 0.638. The van der Waals surface area contributed by atoms with Crippen molar-refractivity contribution in [2.75, 3.05) is 19.4 Å². The first kappa shape index (κ1) is 17.9. The van der Waals surface area contributed by atoms with Crippen LogP contribution in [0.1, 0.15) is 19.3 Å². The molecule has 2 atom stereocenters. The van der Waals surface area contributed by atoms with Crippen LogP contribution in [0.2, 0.25) is 0 Å². The van der Waals surface area contributed by atoms with E-state index in [1.54, 1.807) is 6.20 Å². The third-order valence-corrected chi connectivity index (χ3v) is 5.83. The van der Waals surface area contributed by atoms with Crippen molar-refractivity contribution >= 4 is 27.9 Å². The highest BCUT2D eigenvalue weighted by molar-refractivity contribution is 5.96. The predicted octanol–water partition coefficient (Wildman–Crippen LogP) is 3.77. The summed E-state index contributed by atoms with van der Waals surface area (Å²) in [6.45, 7) is 0. The zero-order chi connectivity index (χ0) is 20.0. The van der Waals surface area contributed by atoms with Gasteiger partial charge in [-0.15, -0.1) is 0 Å². The van der Waals surface area contributed by atoms with Gasteiger partial charge in [0, 0.05) is 17.5 Å². The SMILES string of the molecule is CN(C)[C@H]1CCCC1Nc1ncc2[nH]c(O)c(-c3ccc4ccccc4n3)c2n1. The zero-order valence-corrected chi connectivity index (χ0v) is 16.6. The molecule has 1 saturated carbocycles. The first-order chi connectivity index (χ1) is 14.1. The van der Waals surface area contributed by atoms with E-state index in [1.165, 1.54) is 12.8 Å². The summed E-state index contributed by atoms with van der Waals surface area (Å²) in [7, 11) is 4.23. The number of H-pyrrole nitrogens is 1. The summed E-state index contributed by atoms with van der Waals surface area (Å²) >= 11 is 0. The second kappa shape index (κ2) is 7.00. The largest absolute Gasteiger partial charge is 0.494 e. The zero-order valence-electron chi connectivity index (χ0n) is 16.6. The van der Waals surface area contributed by atoms with E-state index in [0.717, 1.165) is 17.3 Å². The maximum Gasteiger partial charge on any atom is 0.223 e. The summed E-state index contributed by atoms with van der Waals surface area (Å²) < 4.78 is 0.